The van der Waals surface area contributed by atoms with Crippen molar-refractivity contribution in [3.8, 4) is 0 Å². The number of alkyl halides is 5. The summed E-state index contributed by atoms with van der Waals surface area (Å²) in [5.74, 6) is -6.14. The first-order valence-corrected chi connectivity index (χ1v) is 10.9. The summed E-state index contributed by atoms with van der Waals surface area (Å²) in [5.41, 5.74) is -0.265. The van der Waals surface area contributed by atoms with Gasteiger partial charge in [0.2, 0.25) is 5.91 Å². The van der Waals surface area contributed by atoms with E-state index in [1.807, 2.05) is 0 Å². The molecule has 0 bridgehead atoms. The largest absolute Gasteiger partial charge is 0.405 e. The third kappa shape index (κ3) is 6.71. The summed E-state index contributed by atoms with van der Waals surface area (Å²) in [7, 11) is 0. The van der Waals surface area contributed by atoms with Gasteiger partial charge in [-0.25, -0.2) is 8.78 Å². The third-order valence-electron chi connectivity index (χ3n) is 4.57. The van der Waals surface area contributed by atoms with Crippen molar-refractivity contribution in [2.24, 2.45) is 5.92 Å². The fraction of sp³-hybridized carbons (Fsp3) is 0.300. The molecule has 1 fully saturated rings. The molecule has 1 aliphatic carbocycles. The highest BCUT2D eigenvalue weighted by atomic mass is 79.9. The molecule has 2 atom stereocenters. The van der Waals surface area contributed by atoms with E-state index < -0.39 is 57.9 Å². The summed E-state index contributed by atoms with van der Waals surface area (Å²) < 4.78 is 62.6. The molecule has 1 aromatic rings. The Labute approximate surface area is 208 Å². The smallest absolute Gasteiger partial charge is 0.343 e. The molecule has 4 nitrogen and oxygen atoms in total. The van der Waals surface area contributed by atoms with Gasteiger partial charge in [0.1, 0.15) is 10.9 Å². The molecule has 2 rings (SSSR count). The molecule has 0 spiro atoms. The van der Waals surface area contributed by atoms with E-state index in [0.29, 0.717) is 0 Å². The highest BCUT2D eigenvalue weighted by Gasteiger charge is 2.67. The Bertz CT molecular complexity index is 1030. The van der Waals surface area contributed by atoms with E-state index in [4.69, 9.17) is 34.8 Å². The molecule has 0 heterocycles. The number of benzene rings is 1. The van der Waals surface area contributed by atoms with Gasteiger partial charge in [-0.05, 0) is 46.6 Å². The monoisotopic (exact) mass is 594 g/mol. The zero-order chi connectivity index (χ0) is 25.3. The zero-order valence-electron chi connectivity index (χ0n) is 16.6. The van der Waals surface area contributed by atoms with Crippen LogP contribution in [-0.4, -0.2) is 28.9 Å². The fourth-order valence-corrected chi connectivity index (χ4v) is 4.35. The highest BCUT2D eigenvalue weighted by Crippen LogP contribution is 2.65. The topological polar surface area (TPSA) is 58.2 Å². The number of carbonyl (C=O) groups is 2. The van der Waals surface area contributed by atoms with E-state index in [2.05, 4.69) is 27.8 Å². The number of nitrogens with one attached hydrogen (secondary N) is 2. The second kappa shape index (κ2) is 10.3. The maximum absolute atomic E-state index is 13.8. The van der Waals surface area contributed by atoms with E-state index in [9.17, 15) is 31.5 Å². The minimum absolute atomic E-state index is 0.0137. The van der Waals surface area contributed by atoms with E-state index >= 15 is 0 Å². The molecule has 0 radical (unpaired) electrons. The van der Waals surface area contributed by atoms with Crippen molar-refractivity contribution in [3.63, 3.8) is 0 Å². The Kier molecular flexibility index (Phi) is 8.65. The summed E-state index contributed by atoms with van der Waals surface area (Å²) in [6.45, 7) is 3.21. The summed E-state index contributed by atoms with van der Waals surface area (Å²) >= 11 is 21.0. The average Bonchev–Trinajstić information content (AvgIpc) is 3.28. The van der Waals surface area contributed by atoms with E-state index in [1.165, 1.54) is 19.1 Å². The normalized spacial score (nSPS) is 20.3. The van der Waals surface area contributed by atoms with Crippen LogP contribution in [0.2, 0.25) is 0 Å². The van der Waals surface area contributed by atoms with Crippen LogP contribution in [0.15, 0.2) is 51.6 Å². The molecule has 2 unspecified atom stereocenters. The quantitative estimate of drug-likeness (QED) is 0.134. The van der Waals surface area contributed by atoms with Crippen LogP contribution < -0.4 is 10.6 Å². The van der Waals surface area contributed by atoms with Gasteiger partial charge in [0, 0.05) is 16.6 Å². The molecule has 1 saturated carbocycles. The van der Waals surface area contributed by atoms with E-state index in [1.54, 1.807) is 5.32 Å². The predicted molar refractivity (Wildman–Crippen MR) is 119 cm³/mol. The second-order valence-corrected chi connectivity index (χ2v) is 9.68. The number of rotatable bonds is 7. The minimum atomic E-state index is -4.65. The van der Waals surface area contributed by atoms with Crippen LogP contribution in [0.1, 0.15) is 18.4 Å². The van der Waals surface area contributed by atoms with Gasteiger partial charge in [-0.2, -0.15) is 13.2 Å². The van der Waals surface area contributed by atoms with Crippen LogP contribution >= 0.6 is 50.7 Å². The molecular weight excluding hydrogens is 581 g/mol. The van der Waals surface area contributed by atoms with Crippen LogP contribution in [0.5, 0.6) is 0 Å². The number of carbonyl (C=O) groups excluding carboxylic acids is 2. The maximum atomic E-state index is 13.8. The molecule has 2 amide bonds. The Hall–Kier alpha value is -1.62. The molecule has 2 N–H and O–H groups in total. The number of hydrogen-bond acceptors (Lipinski definition) is 2. The third-order valence-corrected chi connectivity index (χ3v) is 6.29. The lowest BCUT2D eigenvalue weighted by Gasteiger charge is -2.12. The highest BCUT2D eigenvalue weighted by molar-refractivity contribution is 9.10. The molecule has 33 heavy (non-hydrogen) atoms. The van der Waals surface area contributed by atoms with Crippen molar-refractivity contribution in [2.75, 3.05) is 6.54 Å². The first-order chi connectivity index (χ1) is 15.1. The van der Waals surface area contributed by atoms with Crippen LogP contribution in [0, 0.1) is 17.6 Å². The van der Waals surface area contributed by atoms with Crippen molar-refractivity contribution < 1.29 is 31.5 Å². The lowest BCUT2D eigenvalue weighted by atomic mass is 10.1. The van der Waals surface area contributed by atoms with Crippen molar-refractivity contribution in [1.82, 2.24) is 10.6 Å². The van der Waals surface area contributed by atoms with Crippen molar-refractivity contribution in [1.29, 1.82) is 0 Å². The first-order valence-electron chi connectivity index (χ1n) is 9.01. The SMILES string of the molecule is C=C(Cl)/C(=C\C(=C/C)NC(=O)C1C(c2cc(F)c(F)c(Br)c2)C1(Cl)Cl)C(=O)NCC(F)(F)F. The van der Waals surface area contributed by atoms with Crippen molar-refractivity contribution in [2.45, 2.75) is 23.4 Å². The van der Waals surface area contributed by atoms with Gasteiger partial charge in [-0.1, -0.05) is 24.3 Å². The molecular formula is C20H15BrCl3F5N2O2. The van der Waals surface area contributed by atoms with E-state index in [0.717, 1.165) is 12.1 Å². The molecule has 1 aromatic carbocycles. The maximum Gasteiger partial charge on any atom is 0.405 e. The van der Waals surface area contributed by atoms with Crippen LogP contribution in [0.4, 0.5) is 22.0 Å². The molecule has 180 valence electrons. The standard InChI is InChI=1S/C20H15BrCl3F5N2O2/c1-3-10(6-11(8(2)22)17(32)30-7-19(27,28)29)31-18(33)15-14(20(15,23)24)9-4-12(21)16(26)13(25)5-9/h3-6,14-15H,2,7H2,1H3,(H,30,32)(H,31,33)/b10-3+,11-6+. The summed E-state index contributed by atoms with van der Waals surface area (Å²) in [6, 6.07) is 2.11. The van der Waals surface area contributed by atoms with Gasteiger partial charge in [0.15, 0.2) is 11.6 Å². The lowest BCUT2D eigenvalue weighted by molar-refractivity contribution is -0.136. The molecule has 0 aromatic heterocycles. The van der Waals surface area contributed by atoms with Gasteiger partial charge in [-0.15, -0.1) is 23.2 Å². The van der Waals surface area contributed by atoms with Gasteiger partial charge >= 0.3 is 6.18 Å². The Morgan fingerprint density at radius 2 is 1.88 bits per heavy atom. The Balaban J connectivity index is 2.21. The van der Waals surface area contributed by atoms with Crippen molar-refractivity contribution >= 4 is 62.5 Å². The zero-order valence-corrected chi connectivity index (χ0v) is 20.5. The summed E-state index contributed by atoms with van der Waals surface area (Å²) in [5, 5.41) is 3.71. The van der Waals surface area contributed by atoms with Gasteiger partial charge < -0.3 is 10.6 Å². The molecule has 13 heteroatoms. The molecule has 0 aliphatic heterocycles. The average molecular weight is 597 g/mol. The summed E-state index contributed by atoms with van der Waals surface area (Å²) in [4.78, 5) is 24.8. The number of hydrogen-bond donors (Lipinski definition) is 2. The minimum Gasteiger partial charge on any atom is -0.343 e. The Morgan fingerprint density at radius 1 is 1.27 bits per heavy atom. The lowest BCUT2D eigenvalue weighted by Crippen LogP contribution is -2.35. The van der Waals surface area contributed by atoms with Crippen LogP contribution in [0.3, 0.4) is 0 Å². The fourth-order valence-electron chi connectivity index (χ4n) is 2.93. The predicted octanol–water partition coefficient (Wildman–Crippen LogP) is 5.99. The number of amides is 2. The van der Waals surface area contributed by atoms with Crippen LogP contribution in [-0.2, 0) is 9.59 Å². The summed E-state index contributed by atoms with van der Waals surface area (Å²) in [6.07, 6.45) is -2.29. The van der Waals surface area contributed by atoms with Crippen molar-refractivity contribution in [3.05, 3.63) is 68.8 Å². The molecule has 1 aliphatic rings. The molecule has 0 saturated heterocycles. The van der Waals surface area contributed by atoms with Crippen LogP contribution in [0.25, 0.3) is 0 Å². The number of allylic oxidation sites excluding steroid dienone is 2. The van der Waals surface area contributed by atoms with E-state index in [-0.39, 0.29) is 20.8 Å². The first kappa shape index (κ1) is 27.6. The second-order valence-electron chi connectivity index (χ2n) is 6.92. The number of halogens is 9. The van der Waals surface area contributed by atoms with Gasteiger partial charge in [0.05, 0.1) is 16.0 Å². The van der Waals surface area contributed by atoms with Gasteiger partial charge in [-0.3, -0.25) is 9.59 Å². The van der Waals surface area contributed by atoms with Gasteiger partial charge in [0.25, 0.3) is 5.91 Å². The Morgan fingerprint density at radius 3 is 2.36 bits per heavy atom.